The quantitative estimate of drug-likeness (QED) is 0.472. The Kier molecular flexibility index (Phi) is 5.23. The maximum Gasteiger partial charge on any atom is 0.0554 e. The molecule has 1 saturated heterocycles. The summed E-state index contributed by atoms with van der Waals surface area (Å²) >= 11 is 2.29. The molecule has 5 aliphatic rings. The van der Waals surface area contributed by atoms with Crippen molar-refractivity contribution < 1.29 is 5.11 Å². The van der Waals surface area contributed by atoms with Crippen LogP contribution in [-0.4, -0.2) is 21.2 Å². The Morgan fingerprint density at radius 2 is 1.76 bits per heavy atom. The summed E-state index contributed by atoms with van der Waals surface area (Å²) in [6, 6.07) is 0. The van der Waals surface area contributed by atoms with Crippen molar-refractivity contribution in [2.75, 3.05) is 0 Å². The van der Waals surface area contributed by atoms with E-state index in [4.69, 9.17) is 0 Å². The number of thioether (sulfide) groups is 1. The second kappa shape index (κ2) is 7.16. The largest absolute Gasteiger partial charge is 0.393 e. The van der Waals surface area contributed by atoms with Crippen LogP contribution in [0.3, 0.4) is 0 Å². The van der Waals surface area contributed by atoms with Crippen molar-refractivity contribution >= 4 is 11.8 Å². The van der Waals surface area contributed by atoms with Gasteiger partial charge in [0, 0.05) is 10.00 Å². The van der Waals surface area contributed by atoms with Crippen molar-refractivity contribution in [1.29, 1.82) is 0 Å². The fourth-order valence-electron chi connectivity index (χ4n) is 9.68. The molecule has 29 heavy (non-hydrogen) atoms. The molecule has 1 aliphatic heterocycles. The van der Waals surface area contributed by atoms with Gasteiger partial charge in [-0.05, 0) is 97.7 Å². The van der Waals surface area contributed by atoms with E-state index in [1.54, 1.807) is 0 Å². The summed E-state index contributed by atoms with van der Waals surface area (Å²) < 4.78 is 0.460. The first-order valence-corrected chi connectivity index (χ1v) is 13.9. The van der Waals surface area contributed by atoms with E-state index in [1.807, 2.05) is 0 Å². The number of hydrogen-bond donors (Lipinski definition) is 1. The van der Waals surface area contributed by atoms with E-state index in [2.05, 4.69) is 46.4 Å². The summed E-state index contributed by atoms with van der Waals surface area (Å²) in [6.07, 6.45) is 15.2. The van der Waals surface area contributed by atoms with Gasteiger partial charge in [0.15, 0.2) is 0 Å². The Bertz CT molecular complexity index is 632. The molecule has 0 aromatic heterocycles. The second-order valence-corrected chi connectivity index (χ2v) is 14.5. The molecule has 4 saturated carbocycles. The van der Waals surface area contributed by atoms with Gasteiger partial charge in [0.1, 0.15) is 0 Å². The van der Waals surface area contributed by atoms with E-state index in [1.165, 1.54) is 57.8 Å². The zero-order chi connectivity index (χ0) is 20.6. The van der Waals surface area contributed by atoms with E-state index >= 15 is 0 Å². The highest BCUT2D eigenvalue weighted by Crippen LogP contribution is 2.80. The van der Waals surface area contributed by atoms with Crippen molar-refractivity contribution in [2.45, 2.75) is 121 Å². The van der Waals surface area contributed by atoms with Gasteiger partial charge in [-0.15, -0.1) is 11.8 Å². The predicted molar refractivity (Wildman–Crippen MR) is 125 cm³/mol. The third-order valence-electron chi connectivity index (χ3n) is 11.3. The molecule has 10 atom stereocenters. The smallest absolute Gasteiger partial charge is 0.0554 e. The lowest BCUT2D eigenvalue weighted by Crippen LogP contribution is -2.58. The van der Waals surface area contributed by atoms with Gasteiger partial charge in [-0.1, -0.05) is 53.9 Å². The van der Waals surface area contributed by atoms with Crippen LogP contribution >= 0.6 is 11.8 Å². The summed E-state index contributed by atoms with van der Waals surface area (Å²) in [5.41, 5.74) is 1.12. The normalized spacial score (nSPS) is 54.3. The van der Waals surface area contributed by atoms with Crippen LogP contribution in [0.1, 0.15) is 105 Å². The van der Waals surface area contributed by atoms with Crippen LogP contribution < -0.4 is 0 Å². The van der Waals surface area contributed by atoms with Gasteiger partial charge < -0.3 is 5.11 Å². The Morgan fingerprint density at radius 3 is 2.52 bits per heavy atom. The summed E-state index contributed by atoms with van der Waals surface area (Å²) in [4.78, 5) is 0. The Hall–Kier alpha value is 0.310. The highest BCUT2D eigenvalue weighted by Gasteiger charge is 2.75. The SMILES string of the molecule is CC(C)CCCC(C)[C@H]1CC[C@H]2[C@@H]3CC4SC45C[C@@H](O)CC[C@]5(C)[C@H]3CC[C@]12C. The Morgan fingerprint density at radius 1 is 0.966 bits per heavy atom. The van der Waals surface area contributed by atoms with Crippen molar-refractivity contribution in [3.63, 3.8) is 0 Å². The standard InChI is InChI=1S/C27H46OS/c1-17(2)7-6-8-18(3)21-9-10-22-20-15-24-27(29-24)16-19(28)11-14-26(27,5)23(20)12-13-25(21,22)4/h17-24,28H,6-16H2,1-5H3/t18?,19-,20-,21+,22-,23-,24?,25+,26+,27?/m0/s1. The molecule has 0 radical (unpaired) electrons. The topological polar surface area (TPSA) is 20.2 Å². The van der Waals surface area contributed by atoms with Crippen molar-refractivity contribution in [2.24, 2.45) is 46.3 Å². The van der Waals surface area contributed by atoms with Crippen LogP contribution in [0.25, 0.3) is 0 Å². The summed E-state index contributed by atoms with van der Waals surface area (Å²) in [6.45, 7) is 12.7. The van der Waals surface area contributed by atoms with Crippen LogP contribution in [0.5, 0.6) is 0 Å². The molecule has 3 unspecified atom stereocenters. The average Bonchev–Trinajstić information content (AvgIpc) is 3.22. The molecule has 0 aromatic rings. The molecule has 5 rings (SSSR count). The van der Waals surface area contributed by atoms with E-state index in [9.17, 15) is 5.11 Å². The van der Waals surface area contributed by atoms with Gasteiger partial charge in [-0.25, -0.2) is 0 Å². The van der Waals surface area contributed by atoms with Crippen molar-refractivity contribution in [3.8, 4) is 0 Å². The molecule has 1 nitrogen and oxygen atoms in total. The first kappa shape index (κ1) is 21.2. The lowest BCUT2D eigenvalue weighted by molar-refractivity contribution is -0.103. The Labute approximate surface area is 184 Å². The van der Waals surface area contributed by atoms with Crippen LogP contribution in [0.4, 0.5) is 0 Å². The third kappa shape index (κ3) is 3.04. The van der Waals surface area contributed by atoms with Crippen LogP contribution in [0.2, 0.25) is 0 Å². The Balaban J connectivity index is 1.33. The lowest BCUT2D eigenvalue weighted by Gasteiger charge is -2.60. The molecule has 1 heterocycles. The number of fused-ring (bicyclic) bond motifs is 4. The van der Waals surface area contributed by atoms with E-state index in [0.717, 1.165) is 53.6 Å². The molecule has 0 bridgehead atoms. The minimum atomic E-state index is -0.0199. The van der Waals surface area contributed by atoms with Gasteiger partial charge in [-0.2, -0.15) is 0 Å². The van der Waals surface area contributed by atoms with E-state index in [-0.39, 0.29) is 6.10 Å². The molecule has 1 spiro atoms. The molecular weight excluding hydrogens is 372 g/mol. The zero-order valence-corrected chi connectivity index (χ0v) is 20.6. The maximum atomic E-state index is 10.4. The zero-order valence-electron chi connectivity index (χ0n) is 19.8. The van der Waals surface area contributed by atoms with Gasteiger partial charge >= 0.3 is 0 Å². The summed E-state index contributed by atoms with van der Waals surface area (Å²) in [7, 11) is 0. The monoisotopic (exact) mass is 418 g/mol. The highest BCUT2D eigenvalue weighted by atomic mass is 32.2. The lowest BCUT2D eigenvalue weighted by atomic mass is 9.44. The van der Waals surface area contributed by atoms with E-state index in [0.29, 0.717) is 15.6 Å². The van der Waals surface area contributed by atoms with Crippen molar-refractivity contribution in [3.05, 3.63) is 0 Å². The molecule has 4 aliphatic carbocycles. The first-order valence-electron chi connectivity index (χ1n) is 13.1. The third-order valence-corrected chi connectivity index (χ3v) is 13.2. The predicted octanol–water partition coefficient (Wildman–Crippen LogP) is 7.32. The molecule has 1 N–H and O–H groups in total. The molecule has 5 fully saturated rings. The second-order valence-electron chi connectivity index (χ2n) is 13.0. The number of rotatable bonds is 5. The minimum absolute atomic E-state index is 0.0199. The highest BCUT2D eigenvalue weighted by molar-refractivity contribution is 8.08. The molecular formula is C27H46OS. The average molecular weight is 419 g/mol. The van der Waals surface area contributed by atoms with Crippen LogP contribution in [0, 0.1) is 46.3 Å². The van der Waals surface area contributed by atoms with Gasteiger partial charge in [0.05, 0.1) is 6.10 Å². The fraction of sp³-hybridized carbons (Fsp3) is 1.00. The first-order chi connectivity index (χ1) is 13.7. The fourth-order valence-corrected chi connectivity index (χ4v) is 11.7. The number of aliphatic hydroxyl groups excluding tert-OH is 1. The van der Waals surface area contributed by atoms with Crippen LogP contribution in [0.15, 0.2) is 0 Å². The maximum absolute atomic E-state index is 10.4. The molecule has 0 aromatic carbocycles. The summed E-state index contributed by atoms with van der Waals surface area (Å²) in [5.74, 6) is 5.66. The minimum Gasteiger partial charge on any atom is -0.393 e. The molecule has 0 amide bonds. The van der Waals surface area contributed by atoms with Crippen LogP contribution in [-0.2, 0) is 0 Å². The van der Waals surface area contributed by atoms with Gasteiger partial charge in [0.2, 0.25) is 0 Å². The summed E-state index contributed by atoms with van der Waals surface area (Å²) in [5, 5.41) is 11.3. The van der Waals surface area contributed by atoms with Gasteiger partial charge in [-0.3, -0.25) is 0 Å². The number of hydrogen-bond acceptors (Lipinski definition) is 2. The number of aliphatic hydroxyl groups is 1. The van der Waals surface area contributed by atoms with Crippen molar-refractivity contribution in [1.82, 2.24) is 0 Å². The molecule has 166 valence electrons. The molecule has 2 heteroatoms. The van der Waals surface area contributed by atoms with E-state index < -0.39 is 0 Å². The van der Waals surface area contributed by atoms with Gasteiger partial charge in [0.25, 0.3) is 0 Å².